The zero-order valence-corrected chi connectivity index (χ0v) is 15.6. The van der Waals surface area contributed by atoms with Gasteiger partial charge in [0.15, 0.2) is 0 Å². The van der Waals surface area contributed by atoms with Gasteiger partial charge in [0, 0.05) is 16.3 Å². The molecule has 26 heavy (non-hydrogen) atoms. The van der Waals surface area contributed by atoms with Crippen LogP contribution in [-0.4, -0.2) is 25.0 Å². The fourth-order valence-corrected chi connectivity index (χ4v) is 2.52. The molecule has 7 heteroatoms. The minimum atomic E-state index is -0.707. The average Bonchev–Trinajstić information content (AvgIpc) is 2.59. The molecule has 1 unspecified atom stereocenters. The first-order valence-corrected chi connectivity index (χ1v) is 8.50. The van der Waals surface area contributed by atoms with Gasteiger partial charge < -0.3 is 21.1 Å². The van der Waals surface area contributed by atoms with Crippen molar-refractivity contribution in [2.75, 3.05) is 18.2 Å². The molecule has 0 aliphatic heterocycles. The van der Waals surface area contributed by atoms with Crippen LogP contribution in [0.1, 0.15) is 24.2 Å². The number of rotatable bonds is 6. The Bertz CT molecular complexity index is 791. The number of benzene rings is 2. The maximum Gasteiger partial charge on any atom is 0.251 e. The summed E-state index contributed by atoms with van der Waals surface area (Å²) in [5, 5.41) is 6.07. The van der Waals surface area contributed by atoms with E-state index in [-0.39, 0.29) is 17.7 Å². The predicted molar refractivity (Wildman–Crippen MR) is 104 cm³/mol. The lowest BCUT2D eigenvalue weighted by molar-refractivity contribution is -0.118. The van der Waals surface area contributed by atoms with Crippen molar-refractivity contribution in [2.45, 2.75) is 19.9 Å². The Labute approximate surface area is 157 Å². The van der Waals surface area contributed by atoms with Crippen LogP contribution in [0.3, 0.4) is 0 Å². The van der Waals surface area contributed by atoms with E-state index in [1.165, 1.54) is 7.11 Å². The van der Waals surface area contributed by atoms with E-state index in [2.05, 4.69) is 10.6 Å². The highest BCUT2D eigenvalue weighted by atomic mass is 35.5. The first-order valence-electron chi connectivity index (χ1n) is 8.12. The molecule has 2 aromatic carbocycles. The number of carbonyl (C=O) groups is 2. The molecule has 1 atom stereocenters. The van der Waals surface area contributed by atoms with Gasteiger partial charge in [-0.1, -0.05) is 25.4 Å². The van der Waals surface area contributed by atoms with Gasteiger partial charge in [-0.3, -0.25) is 9.59 Å². The second kappa shape index (κ2) is 8.58. The molecule has 0 spiro atoms. The van der Waals surface area contributed by atoms with Gasteiger partial charge in [-0.2, -0.15) is 0 Å². The van der Waals surface area contributed by atoms with E-state index in [9.17, 15) is 9.59 Å². The van der Waals surface area contributed by atoms with Crippen LogP contribution in [0.2, 0.25) is 5.02 Å². The molecule has 2 aromatic rings. The largest absolute Gasteiger partial charge is 0.495 e. The Hall–Kier alpha value is -2.73. The molecule has 0 saturated heterocycles. The summed E-state index contributed by atoms with van der Waals surface area (Å²) in [5.41, 5.74) is 7.23. The molecular formula is C19H22ClN3O3. The number of hydrogen-bond acceptors (Lipinski definition) is 4. The van der Waals surface area contributed by atoms with E-state index in [1.807, 2.05) is 13.8 Å². The third-order valence-corrected chi connectivity index (χ3v) is 4.09. The molecular weight excluding hydrogens is 354 g/mol. The minimum absolute atomic E-state index is 0.109. The Morgan fingerprint density at radius 1 is 1.12 bits per heavy atom. The molecule has 0 aliphatic rings. The van der Waals surface area contributed by atoms with E-state index >= 15 is 0 Å². The number of halogens is 1. The normalized spacial score (nSPS) is 11.7. The maximum atomic E-state index is 12.6. The van der Waals surface area contributed by atoms with Crippen molar-refractivity contribution in [1.29, 1.82) is 0 Å². The number of nitrogen functional groups attached to an aromatic ring is 1. The van der Waals surface area contributed by atoms with E-state index in [0.717, 1.165) is 0 Å². The quantitative estimate of drug-likeness (QED) is 0.675. The molecule has 138 valence electrons. The molecule has 0 fully saturated rings. The van der Waals surface area contributed by atoms with E-state index < -0.39 is 6.04 Å². The Morgan fingerprint density at radius 3 is 2.31 bits per heavy atom. The smallest absolute Gasteiger partial charge is 0.251 e. The van der Waals surface area contributed by atoms with Gasteiger partial charge in [-0.05, 0) is 48.4 Å². The summed E-state index contributed by atoms with van der Waals surface area (Å²) < 4.78 is 5.10. The Kier molecular flexibility index (Phi) is 6.46. The molecule has 6 nitrogen and oxygen atoms in total. The fourth-order valence-electron chi connectivity index (χ4n) is 2.39. The monoisotopic (exact) mass is 375 g/mol. The summed E-state index contributed by atoms with van der Waals surface area (Å²) in [7, 11) is 1.52. The van der Waals surface area contributed by atoms with Gasteiger partial charge in [0.25, 0.3) is 5.91 Å². The molecule has 0 saturated carbocycles. The number of nitrogens with two attached hydrogens (primary N) is 1. The Balaban J connectivity index is 2.10. The van der Waals surface area contributed by atoms with Crippen LogP contribution in [0.4, 0.5) is 11.4 Å². The highest BCUT2D eigenvalue weighted by molar-refractivity contribution is 6.30. The maximum absolute atomic E-state index is 12.6. The number of methoxy groups -OCH3 is 1. The van der Waals surface area contributed by atoms with Gasteiger partial charge in [0.2, 0.25) is 5.91 Å². The van der Waals surface area contributed by atoms with Crippen molar-refractivity contribution in [2.24, 2.45) is 5.92 Å². The third-order valence-electron chi connectivity index (χ3n) is 3.84. The van der Waals surface area contributed by atoms with Gasteiger partial charge in [-0.15, -0.1) is 0 Å². The van der Waals surface area contributed by atoms with Crippen molar-refractivity contribution in [1.82, 2.24) is 5.32 Å². The van der Waals surface area contributed by atoms with Crippen LogP contribution in [0, 0.1) is 5.92 Å². The molecule has 0 heterocycles. The number of amides is 2. The lowest BCUT2D eigenvalue weighted by Gasteiger charge is -2.22. The fraction of sp³-hybridized carbons (Fsp3) is 0.263. The molecule has 0 radical (unpaired) electrons. The molecule has 0 aromatic heterocycles. The zero-order valence-electron chi connectivity index (χ0n) is 14.9. The summed E-state index contributed by atoms with van der Waals surface area (Å²) in [5.74, 6) is -0.252. The first kappa shape index (κ1) is 19.6. The second-order valence-corrected chi connectivity index (χ2v) is 6.58. The summed E-state index contributed by atoms with van der Waals surface area (Å²) >= 11 is 5.83. The van der Waals surface area contributed by atoms with Gasteiger partial charge in [0.1, 0.15) is 11.8 Å². The van der Waals surface area contributed by atoms with Crippen molar-refractivity contribution < 1.29 is 14.3 Å². The predicted octanol–water partition coefficient (Wildman–Crippen LogP) is 3.32. The van der Waals surface area contributed by atoms with E-state index in [1.54, 1.807) is 42.5 Å². The van der Waals surface area contributed by atoms with Crippen molar-refractivity contribution in [3.63, 3.8) is 0 Å². The van der Waals surface area contributed by atoms with Crippen LogP contribution in [0.5, 0.6) is 5.75 Å². The number of hydrogen-bond donors (Lipinski definition) is 3. The van der Waals surface area contributed by atoms with Gasteiger partial charge in [-0.25, -0.2) is 0 Å². The molecule has 0 aliphatic carbocycles. The van der Waals surface area contributed by atoms with Crippen molar-refractivity contribution in [3.8, 4) is 5.75 Å². The van der Waals surface area contributed by atoms with Crippen LogP contribution >= 0.6 is 11.6 Å². The summed E-state index contributed by atoms with van der Waals surface area (Å²) in [6.45, 7) is 3.71. The highest BCUT2D eigenvalue weighted by Crippen LogP contribution is 2.24. The zero-order chi connectivity index (χ0) is 19.3. The third kappa shape index (κ3) is 4.89. The average molecular weight is 376 g/mol. The van der Waals surface area contributed by atoms with Crippen LogP contribution in [0.15, 0.2) is 42.5 Å². The Morgan fingerprint density at radius 2 is 1.77 bits per heavy atom. The summed E-state index contributed by atoms with van der Waals surface area (Å²) in [6.07, 6.45) is 0. The minimum Gasteiger partial charge on any atom is -0.495 e. The molecule has 2 rings (SSSR count). The van der Waals surface area contributed by atoms with Crippen LogP contribution in [0.25, 0.3) is 0 Å². The lowest BCUT2D eigenvalue weighted by Crippen LogP contribution is -2.47. The summed E-state index contributed by atoms with van der Waals surface area (Å²) in [6, 6.07) is 10.7. The number of nitrogens with one attached hydrogen (secondary N) is 2. The highest BCUT2D eigenvalue weighted by Gasteiger charge is 2.25. The van der Waals surface area contributed by atoms with Gasteiger partial charge >= 0.3 is 0 Å². The second-order valence-electron chi connectivity index (χ2n) is 6.15. The topological polar surface area (TPSA) is 93.5 Å². The standard InChI is InChI=1S/C19H22ClN3O3/c1-11(2)17(23-18(24)12-4-6-13(20)7-5-12)19(25)22-14-8-9-16(26-3)15(21)10-14/h4-11,17H,21H2,1-3H3,(H,22,25)(H,23,24). The molecule has 4 N–H and O–H groups in total. The van der Waals surface area contributed by atoms with E-state index in [0.29, 0.717) is 27.7 Å². The molecule has 0 bridgehead atoms. The number of ether oxygens (including phenoxy) is 1. The molecule has 2 amide bonds. The van der Waals surface area contributed by atoms with Crippen LogP contribution < -0.4 is 21.1 Å². The van der Waals surface area contributed by atoms with E-state index in [4.69, 9.17) is 22.1 Å². The SMILES string of the molecule is COc1ccc(NC(=O)C(NC(=O)c2ccc(Cl)cc2)C(C)C)cc1N. The van der Waals surface area contributed by atoms with Crippen LogP contribution in [-0.2, 0) is 4.79 Å². The van der Waals surface area contributed by atoms with Gasteiger partial charge in [0.05, 0.1) is 12.8 Å². The first-order chi connectivity index (χ1) is 12.3. The number of anilines is 2. The summed E-state index contributed by atoms with van der Waals surface area (Å²) in [4.78, 5) is 25.0. The van der Waals surface area contributed by atoms with Crippen molar-refractivity contribution >= 4 is 34.8 Å². The lowest BCUT2D eigenvalue weighted by atomic mass is 10.0. The number of carbonyl (C=O) groups excluding carboxylic acids is 2. The van der Waals surface area contributed by atoms with Crippen molar-refractivity contribution in [3.05, 3.63) is 53.1 Å².